The van der Waals surface area contributed by atoms with Crippen molar-refractivity contribution in [2.75, 3.05) is 20.6 Å². The number of hydrogen-bond acceptors (Lipinski definition) is 2. The van der Waals surface area contributed by atoms with Crippen molar-refractivity contribution in [3.05, 3.63) is 23.5 Å². The third-order valence-corrected chi connectivity index (χ3v) is 3.28. The molecule has 0 radical (unpaired) electrons. The highest BCUT2D eigenvalue weighted by Crippen LogP contribution is 2.07. The van der Waals surface area contributed by atoms with Gasteiger partial charge >= 0.3 is 0 Å². The summed E-state index contributed by atoms with van der Waals surface area (Å²) in [5.41, 5.74) is 1.74. The van der Waals surface area contributed by atoms with Crippen molar-refractivity contribution in [1.82, 2.24) is 15.2 Å². The SMILES string of the molecule is CCc1ccc(C(=O)NCC(C(C)C)N(C)C)[nH]1. The Labute approximate surface area is 110 Å². The lowest BCUT2D eigenvalue weighted by molar-refractivity contribution is 0.0930. The Morgan fingerprint density at radius 3 is 2.50 bits per heavy atom. The average molecular weight is 251 g/mol. The highest BCUT2D eigenvalue weighted by molar-refractivity contribution is 5.92. The predicted molar refractivity (Wildman–Crippen MR) is 74.8 cm³/mol. The Bertz CT molecular complexity index is 374. The third kappa shape index (κ3) is 3.88. The molecular formula is C14H25N3O. The van der Waals surface area contributed by atoms with E-state index >= 15 is 0 Å². The number of amides is 1. The topological polar surface area (TPSA) is 48.1 Å². The number of H-pyrrole nitrogens is 1. The number of carbonyl (C=O) groups is 1. The Morgan fingerprint density at radius 2 is 2.06 bits per heavy atom. The number of nitrogens with zero attached hydrogens (tertiary/aromatic N) is 1. The van der Waals surface area contributed by atoms with E-state index in [1.165, 1.54) is 0 Å². The summed E-state index contributed by atoms with van der Waals surface area (Å²) in [6.07, 6.45) is 0.916. The summed E-state index contributed by atoms with van der Waals surface area (Å²) in [7, 11) is 4.08. The smallest absolute Gasteiger partial charge is 0.267 e. The van der Waals surface area contributed by atoms with Crippen LogP contribution in [0.4, 0.5) is 0 Å². The number of carbonyl (C=O) groups excluding carboxylic acids is 1. The van der Waals surface area contributed by atoms with Crippen LogP contribution in [0.15, 0.2) is 12.1 Å². The van der Waals surface area contributed by atoms with Gasteiger partial charge in [-0.25, -0.2) is 0 Å². The Kier molecular flexibility index (Phi) is 5.41. The number of likely N-dealkylation sites (N-methyl/N-ethyl adjacent to an activating group) is 1. The molecule has 0 spiro atoms. The Morgan fingerprint density at radius 1 is 1.39 bits per heavy atom. The van der Waals surface area contributed by atoms with Crippen molar-refractivity contribution in [1.29, 1.82) is 0 Å². The van der Waals surface area contributed by atoms with E-state index in [4.69, 9.17) is 0 Å². The van der Waals surface area contributed by atoms with Crippen LogP contribution in [0.25, 0.3) is 0 Å². The molecule has 102 valence electrons. The van der Waals surface area contributed by atoms with Crippen LogP contribution in [0.3, 0.4) is 0 Å². The van der Waals surface area contributed by atoms with Crippen LogP contribution in [-0.2, 0) is 6.42 Å². The van der Waals surface area contributed by atoms with E-state index in [9.17, 15) is 4.79 Å². The van der Waals surface area contributed by atoms with Gasteiger partial charge in [0.15, 0.2) is 0 Å². The first-order valence-corrected chi connectivity index (χ1v) is 6.58. The van der Waals surface area contributed by atoms with Gasteiger partial charge < -0.3 is 15.2 Å². The van der Waals surface area contributed by atoms with Crippen LogP contribution in [0, 0.1) is 5.92 Å². The fourth-order valence-corrected chi connectivity index (χ4v) is 2.09. The average Bonchev–Trinajstić information content (AvgIpc) is 2.76. The van der Waals surface area contributed by atoms with Gasteiger partial charge in [-0.3, -0.25) is 4.79 Å². The minimum Gasteiger partial charge on any atom is -0.354 e. The molecule has 0 aliphatic rings. The van der Waals surface area contributed by atoms with Crippen LogP contribution in [-0.4, -0.2) is 42.5 Å². The van der Waals surface area contributed by atoms with E-state index in [1.807, 2.05) is 26.2 Å². The number of aromatic amines is 1. The molecule has 0 saturated carbocycles. The Hall–Kier alpha value is -1.29. The molecule has 1 rings (SSSR count). The van der Waals surface area contributed by atoms with Crippen molar-refractivity contribution in [2.24, 2.45) is 5.92 Å². The van der Waals surface area contributed by atoms with E-state index in [0.29, 0.717) is 24.2 Å². The molecule has 2 N–H and O–H groups in total. The Balaban J connectivity index is 2.54. The molecule has 0 aromatic carbocycles. The molecule has 1 heterocycles. The summed E-state index contributed by atoms with van der Waals surface area (Å²) in [6.45, 7) is 7.07. The van der Waals surface area contributed by atoms with Gasteiger partial charge in [0.2, 0.25) is 0 Å². The van der Waals surface area contributed by atoms with Crippen LogP contribution < -0.4 is 5.32 Å². The van der Waals surface area contributed by atoms with Gasteiger partial charge in [0.05, 0.1) is 0 Å². The van der Waals surface area contributed by atoms with Crippen LogP contribution in [0.1, 0.15) is 37.0 Å². The monoisotopic (exact) mass is 251 g/mol. The minimum atomic E-state index is -0.0257. The van der Waals surface area contributed by atoms with Gasteiger partial charge in [0, 0.05) is 18.3 Å². The summed E-state index contributed by atoms with van der Waals surface area (Å²) in [6, 6.07) is 4.16. The fraction of sp³-hybridized carbons (Fsp3) is 0.643. The molecule has 1 aromatic heterocycles. The largest absolute Gasteiger partial charge is 0.354 e. The molecule has 18 heavy (non-hydrogen) atoms. The summed E-state index contributed by atoms with van der Waals surface area (Å²) in [5, 5.41) is 2.99. The first-order chi connectivity index (χ1) is 8.45. The normalized spacial score (nSPS) is 13.1. The highest BCUT2D eigenvalue weighted by Gasteiger charge is 2.17. The first kappa shape index (κ1) is 14.8. The highest BCUT2D eigenvalue weighted by atomic mass is 16.1. The molecule has 0 aliphatic carbocycles. The van der Waals surface area contributed by atoms with Crippen molar-refractivity contribution in [3.8, 4) is 0 Å². The molecule has 0 bridgehead atoms. The molecule has 1 atom stereocenters. The zero-order valence-electron chi connectivity index (χ0n) is 12.1. The van der Waals surface area contributed by atoms with Crippen molar-refractivity contribution < 1.29 is 4.79 Å². The van der Waals surface area contributed by atoms with Crippen LogP contribution >= 0.6 is 0 Å². The van der Waals surface area contributed by atoms with Crippen molar-refractivity contribution in [3.63, 3.8) is 0 Å². The quantitative estimate of drug-likeness (QED) is 0.811. The molecule has 0 saturated heterocycles. The number of hydrogen-bond donors (Lipinski definition) is 2. The van der Waals surface area contributed by atoms with Gasteiger partial charge in [0.25, 0.3) is 5.91 Å². The zero-order valence-corrected chi connectivity index (χ0v) is 12.1. The maximum Gasteiger partial charge on any atom is 0.267 e. The number of aromatic nitrogens is 1. The molecule has 4 heteroatoms. The zero-order chi connectivity index (χ0) is 13.7. The van der Waals surface area contributed by atoms with E-state index in [0.717, 1.165) is 12.1 Å². The van der Waals surface area contributed by atoms with E-state index in [-0.39, 0.29) is 5.91 Å². The molecule has 0 fully saturated rings. The summed E-state index contributed by atoms with van der Waals surface area (Å²) in [4.78, 5) is 17.2. The number of aryl methyl sites for hydroxylation is 1. The number of rotatable bonds is 6. The van der Waals surface area contributed by atoms with Gasteiger partial charge in [-0.2, -0.15) is 0 Å². The maximum absolute atomic E-state index is 12.0. The predicted octanol–water partition coefficient (Wildman–Crippen LogP) is 1.89. The lowest BCUT2D eigenvalue weighted by atomic mass is 10.0. The summed E-state index contributed by atoms with van der Waals surface area (Å²) < 4.78 is 0. The summed E-state index contributed by atoms with van der Waals surface area (Å²) >= 11 is 0. The lowest BCUT2D eigenvalue weighted by Crippen LogP contribution is -2.43. The molecule has 1 unspecified atom stereocenters. The van der Waals surface area contributed by atoms with Crippen LogP contribution in [0.2, 0.25) is 0 Å². The standard InChI is InChI=1S/C14H25N3O/c1-6-11-7-8-12(16-11)14(18)15-9-13(10(2)3)17(4)5/h7-8,10,13,16H,6,9H2,1-5H3,(H,15,18). The number of nitrogens with one attached hydrogen (secondary N) is 2. The summed E-state index contributed by atoms with van der Waals surface area (Å²) in [5.74, 6) is 0.484. The lowest BCUT2D eigenvalue weighted by Gasteiger charge is -2.27. The van der Waals surface area contributed by atoms with Crippen molar-refractivity contribution in [2.45, 2.75) is 33.2 Å². The molecule has 0 aliphatic heterocycles. The maximum atomic E-state index is 12.0. The van der Waals surface area contributed by atoms with E-state index in [1.54, 1.807) is 0 Å². The second-order valence-corrected chi connectivity index (χ2v) is 5.24. The van der Waals surface area contributed by atoms with Gasteiger partial charge in [-0.05, 0) is 38.6 Å². The third-order valence-electron chi connectivity index (χ3n) is 3.28. The van der Waals surface area contributed by atoms with Crippen LogP contribution in [0.5, 0.6) is 0 Å². The van der Waals surface area contributed by atoms with E-state index < -0.39 is 0 Å². The second-order valence-electron chi connectivity index (χ2n) is 5.24. The van der Waals surface area contributed by atoms with E-state index in [2.05, 4.69) is 36.0 Å². The van der Waals surface area contributed by atoms with Gasteiger partial charge in [0.1, 0.15) is 5.69 Å². The van der Waals surface area contributed by atoms with Gasteiger partial charge in [-0.15, -0.1) is 0 Å². The molecule has 4 nitrogen and oxygen atoms in total. The minimum absolute atomic E-state index is 0.0257. The van der Waals surface area contributed by atoms with Crippen molar-refractivity contribution >= 4 is 5.91 Å². The van der Waals surface area contributed by atoms with Gasteiger partial charge in [-0.1, -0.05) is 20.8 Å². The second kappa shape index (κ2) is 6.59. The molecular weight excluding hydrogens is 226 g/mol. The fourth-order valence-electron chi connectivity index (χ4n) is 2.09. The molecule has 1 amide bonds. The first-order valence-electron chi connectivity index (χ1n) is 6.58. The molecule has 1 aromatic rings.